The number of benzene rings is 2. The summed E-state index contributed by atoms with van der Waals surface area (Å²) in [6, 6.07) is 16.8. The average molecular weight is 417 g/mol. The maximum absolute atomic E-state index is 10.8. The zero-order chi connectivity index (χ0) is 22.1. The lowest BCUT2D eigenvalue weighted by molar-refractivity contribution is -0.130. The van der Waals surface area contributed by atoms with Gasteiger partial charge in [-0.15, -0.1) is 0 Å². The molecule has 0 bridgehead atoms. The van der Waals surface area contributed by atoms with Gasteiger partial charge in [0, 0.05) is 0 Å². The number of hydrogen-bond acceptors (Lipinski definition) is 1. The quantitative estimate of drug-likeness (QED) is 0.499. The van der Waals surface area contributed by atoms with Crippen LogP contribution in [0.3, 0.4) is 0 Å². The Hall–Kier alpha value is -2.61. The van der Waals surface area contributed by atoms with Gasteiger partial charge in [-0.1, -0.05) is 106 Å². The van der Waals surface area contributed by atoms with E-state index in [2.05, 4.69) is 49.6 Å². The van der Waals surface area contributed by atoms with Crippen LogP contribution in [0.15, 0.2) is 61.7 Å². The highest BCUT2D eigenvalue weighted by molar-refractivity contribution is 6.14. The maximum atomic E-state index is 10.8. The van der Waals surface area contributed by atoms with Gasteiger partial charge in [0.05, 0.1) is 5.57 Å². The van der Waals surface area contributed by atoms with Gasteiger partial charge < -0.3 is 5.11 Å². The maximum Gasteiger partial charge on any atom is 0.335 e. The number of carboxylic acid groups (broad SMARTS) is 1. The molecule has 2 aromatic rings. The standard InChI is InChI=1S/C15H18O2.C14H18/c1-11(15(16)17)12-7-9-14(10-8-12)13-5-3-2-4-6-13;1-2-12-8-10-14(11-9-12)13-6-4-3-5-7-13/h7-10,13H,1-6H2,(H,16,17);2,8-11,13H,1,3-7H2. The highest BCUT2D eigenvalue weighted by atomic mass is 16.4. The number of aliphatic carboxylic acids is 1. The van der Waals surface area contributed by atoms with Crippen molar-refractivity contribution in [3.63, 3.8) is 0 Å². The van der Waals surface area contributed by atoms with Gasteiger partial charge in [0.2, 0.25) is 0 Å². The van der Waals surface area contributed by atoms with Crippen LogP contribution in [-0.2, 0) is 4.79 Å². The van der Waals surface area contributed by atoms with Gasteiger partial charge in [0.15, 0.2) is 0 Å². The van der Waals surface area contributed by atoms with Crippen molar-refractivity contribution in [3.8, 4) is 0 Å². The van der Waals surface area contributed by atoms with Crippen molar-refractivity contribution >= 4 is 17.6 Å². The van der Waals surface area contributed by atoms with Gasteiger partial charge in [-0.3, -0.25) is 0 Å². The second-order valence-corrected chi connectivity index (χ2v) is 8.95. The number of rotatable bonds is 5. The molecule has 2 aliphatic carbocycles. The smallest absolute Gasteiger partial charge is 0.335 e. The van der Waals surface area contributed by atoms with E-state index in [1.165, 1.54) is 80.9 Å². The molecule has 31 heavy (non-hydrogen) atoms. The normalized spacial score (nSPS) is 17.3. The summed E-state index contributed by atoms with van der Waals surface area (Å²) < 4.78 is 0. The molecule has 0 aromatic heterocycles. The number of hydrogen-bond donors (Lipinski definition) is 1. The first-order valence-corrected chi connectivity index (χ1v) is 11.8. The molecule has 0 heterocycles. The van der Waals surface area contributed by atoms with Crippen LogP contribution in [0.5, 0.6) is 0 Å². The van der Waals surface area contributed by atoms with Gasteiger partial charge in [-0.05, 0) is 59.8 Å². The molecule has 2 nitrogen and oxygen atoms in total. The Morgan fingerprint density at radius 2 is 1.16 bits per heavy atom. The fourth-order valence-electron chi connectivity index (χ4n) is 4.86. The first-order chi connectivity index (χ1) is 15.1. The Morgan fingerprint density at radius 1 is 0.742 bits per heavy atom. The predicted molar refractivity (Wildman–Crippen MR) is 131 cm³/mol. The minimum atomic E-state index is -0.949. The fourth-order valence-corrected chi connectivity index (χ4v) is 4.86. The molecule has 0 aliphatic heterocycles. The lowest BCUT2D eigenvalue weighted by atomic mass is 9.84. The predicted octanol–water partition coefficient (Wildman–Crippen LogP) is 8.21. The second-order valence-electron chi connectivity index (χ2n) is 8.95. The van der Waals surface area contributed by atoms with E-state index in [0.29, 0.717) is 11.5 Å². The molecule has 0 unspecified atom stereocenters. The monoisotopic (exact) mass is 416 g/mol. The van der Waals surface area contributed by atoms with Crippen molar-refractivity contribution in [1.29, 1.82) is 0 Å². The van der Waals surface area contributed by atoms with Gasteiger partial charge in [-0.2, -0.15) is 0 Å². The van der Waals surface area contributed by atoms with Crippen LogP contribution in [0.4, 0.5) is 0 Å². The average Bonchev–Trinajstić information content (AvgIpc) is 2.85. The van der Waals surface area contributed by atoms with Crippen LogP contribution in [0.1, 0.15) is 98.3 Å². The third-order valence-corrected chi connectivity index (χ3v) is 6.84. The molecule has 0 amide bonds. The molecule has 0 atom stereocenters. The van der Waals surface area contributed by atoms with Gasteiger partial charge in [-0.25, -0.2) is 4.79 Å². The van der Waals surface area contributed by atoms with E-state index in [1.54, 1.807) is 0 Å². The Kier molecular flexibility index (Phi) is 8.70. The van der Waals surface area contributed by atoms with E-state index in [-0.39, 0.29) is 5.57 Å². The molecular weight excluding hydrogens is 380 g/mol. The largest absolute Gasteiger partial charge is 0.478 e. The minimum absolute atomic E-state index is 0.167. The van der Waals surface area contributed by atoms with Crippen LogP contribution in [0.25, 0.3) is 11.6 Å². The third kappa shape index (κ3) is 6.69. The molecule has 2 aromatic carbocycles. The number of carboxylic acids is 1. The van der Waals surface area contributed by atoms with E-state index in [1.807, 2.05) is 18.2 Å². The molecule has 164 valence electrons. The van der Waals surface area contributed by atoms with Crippen LogP contribution in [-0.4, -0.2) is 11.1 Å². The van der Waals surface area contributed by atoms with E-state index in [4.69, 9.17) is 5.11 Å². The molecule has 0 spiro atoms. The van der Waals surface area contributed by atoms with Crippen LogP contribution in [0.2, 0.25) is 0 Å². The Bertz CT molecular complexity index is 849. The van der Waals surface area contributed by atoms with Crippen LogP contribution >= 0.6 is 0 Å². The van der Waals surface area contributed by atoms with Gasteiger partial charge >= 0.3 is 5.97 Å². The van der Waals surface area contributed by atoms with Crippen molar-refractivity contribution in [2.24, 2.45) is 0 Å². The zero-order valence-electron chi connectivity index (χ0n) is 18.7. The second kappa shape index (κ2) is 11.7. The fraction of sp³-hybridized carbons (Fsp3) is 0.414. The number of carbonyl (C=O) groups is 1. The minimum Gasteiger partial charge on any atom is -0.478 e. The highest BCUT2D eigenvalue weighted by Crippen LogP contribution is 2.33. The molecule has 2 heteroatoms. The van der Waals surface area contributed by atoms with E-state index in [0.717, 1.165) is 5.92 Å². The first-order valence-electron chi connectivity index (χ1n) is 11.8. The lowest BCUT2D eigenvalue weighted by Crippen LogP contribution is -2.04. The molecule has 2 fully saturated rings. The molecular formula is C29H36O2. The summed E-state index contributed by atoms with van der Waals surface area (Å²) >= 11 is 0. The third-order valence-electron chi connectivity index (χ3n) is 6.84. The van der Waals surface area contributed by atoms with Gasteiger partial charge in [0.1, 0.15) is 0 Å². The topological polar surface area (TPSA) is 37.3 Å². The van der Waals surface area contributed by atoms with E-state index >= 15 is 0 Å². The van der Waals surface area contributed by atoms with Crippen LogP contribution < -0.4 is 0 Å². The molecule has 1 N–H and O–H groups in total. The summed E-state index contributed by atoms with van der Waals surface area (Å²) in [6.45, 7) is 7.34. The summed E-state index contributed by atoms with van der Waals surface area (Å²) in [4.78, 5) is 10.8. The zero-order valence-corrected chi connectivity index (χ0v) is 18.7. The lowest BCUT2D eigenvalue weighted by Gasteiger charge is -2.22. The molecule has 2 saturated carbocycles. The van der Waals surface area contributed by atoms with Crippen molar-refractivity contribution in [2.45, 2.75) is 76.0 Å². The molecule has 0 radical (unpaired) electrons. The van der Waals surface area contributed by atoms with Crippen molar-refractivity contribution < 1.29 is 9.90 Å². The summed E-state index contributed by atoms with van der Waals surface area (Å²) in [7, 11) is 0. The van der Waals surface area contributed by atoms with E-state index < -0.39 is 5.97 Å². The Balaban J connectivity index is 0.000000179. The van der Waals surface area contributed by atoms with E-state index in [9.17, 15) is 4.79 Å². The van der Waals surface area contributed by atoms with Crippen molar-refractivity contribution in [1.82, 2.24) is 0 Å². The van der Waals surface area contributed by atoms with Crippen molar-refractivity contribution in [3.05, 3.63) is 83.9 Å². The summed E-state index contributed by atoms with van der Waals surface area (Å²) in [5, 5.41) is 8.85. The molecule has 4 rings (SSSR count). The molecule has 0 saturated heterocycles. The molecule has 2 aliphatic rings. The Labute approximate surface area is 187 Å². The van der Waals surface area contributed by atoms with Crippen LogP contribution in [0, 0.1) is 0 Å². The highest BCUT2D eigenvalue weighted by Gasteiger charge is 2.16. The summed E-state index contributed by atoms with van der Waals surface area (Å²) in [5.41, 5.74) is 4.96. The summed E-state index contributed by atoms with van der Waals surface area (Å²) in [6.07, 6.45) is 15.4. The Morgan fingerprint density at radius 3 is 1.55 bits per heavy atom. The summed E-state index contributed by atoms with van der Waals surface area (Å²) in [5.74, 6) is 0.536. The SMILES string of the molecule is C=C(C(=O)O)c1ccc(C2CCCCC2)cc1.C=Cc1ccc(C2CCCCC2)cc1. The van der Waals surface area contributed by atoms with Crippen molar-refractivity contribution in [2.75, 3.05) is 0 Å². The van der Waals surface area contributed by atoms with Gasteiger partial charge in [0.25, 0.3) is 0 Å². The first kappa shape index (κ1) is 23.1.